The molecular formula is C18H13ClFNO3S. The Balaban J connectivity index is 1.60. The van der Waals surface area contributed by atoms with Gasteiger partial charge in [0.1, 0.15) is 10.7 Å². The molecule has 7 heteroatoms. The maximum atomic E-state index is 13.9. The number of rotatable bonds is 3. The summed E-state index contributed by atoms with van der Waals surface area (Å²) in [7, 11) is 0. The van der Waals surface area contributed by atoms with E-state index in [9.17, 15) is 9.18 Å². The first-order chi connectivity index (χ1) is 12.0. The van der Waals surface area contributed by atoms with E-state index in [-0.39, 0.29) is 29.2 Å². The highest BCUT2D eigenvalue weighted by Crippen LogP contribution is 2.37. The van der Waals surface area contributed by atoms with Crippen LogP contribution in [-0.2, 0) is 0 Å². The Morgan fingerprint density at radius 1 is 1.28 bits per heavy atom. The Hall–Kier alpha value is -2.31. The Kier molecular flexibility index (Phi) is 4.01. The average Bonchev–Trinajstić information content (AvgIpc) is 3.19. The topological polar surface area (TPSA) is 47.6 Å². The van der Waals surface area contributed by atoms with Crippen molar-refractivity contribution in [3.63, 3.8) is 0 Å². The molecule has 0 bridgehead atoms. The SMILES string of the molecule is C[C@@H](NC(=O)c1sc2cccc(F)c2c1Cl)c1ccc2c(c1)OCO2. The van der Waals surface area contributed by atoms with Crippen molar-refractivity contribution >= 4 is 38.9 Å². The van der Waals surface area contributed by atoms with Crippen molar-refractivity contribution in [3.05, 3.63) is 57.7 Å². The summed E-state index contributed by atoms with van der Waals surface area (Å²) in [4.78, 5) is 12.9. The first-order valence-electron chi connectivity index (χ1n) is 7.61. The lowest BCUT2D eigenvalue weighted by Crippen LogP contribution is -2.26. The van der Waals surface area contributed by atoms with E-state index < -0.39 is 5.82 Å². The second kappa shape index (κ2) is 6.20. The predicted molar refractivity (Wildman–Crippen MR) is 95.2 cm³/mol. The van der Waals surface area contributed by atoms with Gasteiger partial charge >= 0.3 is 0 Å². The molecular weight excluding hydrogens is 365 g/mol. The molecule has 1 aliphatic heterocycles. The van der Waals surface area contributed by atoms with Crippen LogP contribution in [0, 0.1) is 5.82 Å². The number of hydrogen-bond acceptors (Lipinski definition) is 4. The third-order valence-electron chi connectivity index (χ3n) is 4.06. The summed E-state index contributed by atoms with van der Waals surface area (Å²) in [5.74, 6) is 0.572. The van der Waals surface area contributed by atoms with Crippen LogP contribution in [0.3, 0.4) is 0 Å². The van der Waals surface area contributed by atoms with Gasteiger partial charge in [-0.15, -0.1) is 11.3 Å². The van der Waals surface area contributed by atoms with Gasteiger partial charge in [-0.2, -0.15) is 0 Å². The van der Waals surface area contributed by atoms with Crippen LogP contribution < -0.4 is 14.8 Å². The van der Waals surface area contributed by atoms with E-state index in [4.69, 9.17) is 21.1 Å². The van der Waals surface area contributed by atoms with Gasteiger partial charge in [-0.05, 0) is 36.8 Å². The zero-order chi connectivity index (χ0) is 17.6. The van der Waals surface area contributed by atoms with Gasteiger partial charge < -0.3 is 14.8 Å². The molecule has 4 rings (SSSR count). The summed E-state index contributed by atoms with van der Waals surface area (Å²) in [6.45, 7) is 2.06. The van der Waals surface area contributed by atoms with Crippen molar-refractivity contribution in [2.75, 3.05) is 6.79 Å². The number of halogens is 2. The summed E-state index contributed by atoms with van der Waals surface area (Å²) in [5, 5.41) is 3.33. The maximum absolute atomic E-state index is 13.9. The standard InChI is InChI=1S/C18H13ClFNO3S/c1-9(10-5-6-12-13(7-10)24-8-23-12)21-18(22)17-16(19)15-11(20)3-2-4-14(15)25-17/h2-7,9H,8H2,1H3,(H,21,22)/t9-/m1/s1. The molecule has 2 heterocycles. The van der Waals surface area contributed by atoms with Gasteiger partial charge in [-0.25, -0.2) is 4.39 Å². The molecule has 1 N–H and O–H groups in total. The van der Waals surface area contributed by atoms with Crippen molar-refractivity contribution in [2.24, 2.45) is 0 Å². The zero-order valence-electron chi connectivity index (χ0n) is 13.1. The third-order valence-corrected chi connectivity index (χ3v) is 5.70. The Bertz CT molecular complexity index is 988. The number of thiophene rings is 1. The Morgan fingerprint density at radius 3 is 2.88 bits per heavy atom. The summed E-state index contributed by atoms with van der Waals surface area (Å²) in [5.41, 5.74) is 0.876. The molecule has 1 amide bonds. The van der Waals surface area contributed by atoms with Crippen molar-refractivity contribution in [1.29, 1.82) is 0 Å². The van der Waals surface area contributed by atoms with E-state index in [0.717, 1.165) is 5.56 Å². The first kappa shape index (κ1) is 16.2. The van der Waals surface area contributed by atoms with Crippen molar-refractivity contribution < 1.29 is 18.7 Å². The maximum Gasteiger partial charge on any atom is 0.263 e. The summed E-state index contributed by atoms with van der Waals surface area (Å²) < 4.78 is 25.2. The molecule has 0 spiro atoms. The van der Waals surface area contributed by atoms with Gasteiger partial charge in [-0.3, -0.25) is 4.79 Å². The summed E-state index contributed by atoms with van der Waals surface area (Å²) in [6.07, 6.45) is 0. The molecule has 4 nitrogen and oxygen atoms in total. The number of amides is 1. The van der Waals surface area contributed by atoms with Crippen molar-refractivity contribution in [2.45, 2.75) is 13.0 Å². The molecule has 3 aromatic rings. The van der Waals surface area contributed by atoms with E-state index in [2.05, 4.69) is 5.32 Å². The highest BCUT2D eigenvalue weighted by atomic mass is 35.5. The second-order valence-corrected chi connectivity index (χ2v) is 7.10. The zero-order valence-corrected chi connectivity index (χ0v) is 14.7. The molecule has 0 unspecified atom stereocenters. The molecule has 2 aromatic carbocycles. The van der Waals surface area contributed by atoms with Crippen LogP contribution in [0.4, 0.5) is 4.39 Å². The fraction of sp³-hybridized carbons (Fsp3) is 0.167. The number of carbonyl (C=O) groups excluding carboxylic acids is 1. The van der Waals surface area contributed by atoms with Gasteiger partial charge in [0, 0.05) is 10.1 Å². The molecule has 0 fully saturated rings. The molecule has 0 aliphatic carbocycles. The quantitative estimate of drug-likeness (QED) is 0.705. The fourth-order valence-corrected chi connectivity index (χ4v) is 4.21. The molecule has 0 saturated heterocycles. The number of nitrogens with one attached hydrogen (secondary N) is 1. The number of benzene rings is 2. The van der Waals surface area contributed by atoms with Crippen LogP contribution in [0.5, 0.6) is 11.5 Å². The Labute approximate surface area is 152 Å². The molecule has 25 heavy (non-hydrogen) atoms. The lowest BCUT2D eigenvalue weighted by Gasteiger charge is -2.14. The van der Waals surface area contributed by atoms with Crippen LogP contribution in [0.1, 0.15) is 28.2 Å². The minimum atomic E-state index is -0.429. The van der Waals surface area contributed by atoms with Crippen molar-refractivity contribution in [3.8, 4) is 11.5 Å². The summed E-state index contributed by atoms with van der Waals surface area (Å²) >= 11 is 7.41. The molecule has 128 valence electrons. The molecule has 1 aliphatic rings. The highest BCUT2D eigenvalue weighted by molar-refractivity contribution is 7.21. The average molecular weight is 378 g/mol. The first-order valence-corrected chi connectivity index (χ1v) is 8.81. The second-order valence-electron chi connectivity index (χ2n) is 5.67. The smallest absolute Gasteiger partial charge is 0.263 e. The van der Waals surface area contributed by atoms with E-state index in [1.165, 1.54) is 17.4 Å². The fourth-order valence-electron chi connectivity index (χ4n) is 2.74. The monoisotopic (exact) mass is 377 g/mol. The number of hydrogen-bond donors (Lipinski definition) is 1. The van der Waals surface area contributed by atoms with E-state index >= 15 is 0 Å². The highest BCUT2D eigenvalue weighted by Gasteiger charge is 2.22. The molecule has 1 atom stereocenters. The van der Waals surface area contributed by atoms with Gasteiger partial charge in [-0.1, -0.05) is 23.7 Å². The minimum absolute atomic E-state index is 0.147. The molecule has 1 aromatic heterocycles. The number of carbonyl (C=O) groups is 1. The lowest BCUT2D eigenvalue weighted by atomic mass is 10.1. The minimum Gasteiger partial charge on any atom is -0.454 e. The summed E-state index contributed by atoms with van der Waals surface area (Å²) in [6, 6.07) is 9.91. The van der Waals surface area contributed by atoms with Crippen LogP contribution in [-0.4, -0.2) is 12.7 Å². The van der Waals surface area contributed by atoms with Crippen LogP contribution >= 0.6 is 22.9 Å². The van der Waals surface area contributed by atoms with Gasteiger partial charge in [0.25, 0.3) is 5.91 Å². The van der Waals surface area contributed by atoms with Crippen molar-refractivity contribution in [1.82, 2.24) is 5.32 Å². The normalized spacial score (nSPS) is 13.9. The van der Waals surface area contributed by atoms with Crippen LogP contribution in [0.25, 0.3) is 10.1 Å². The molecule has 0 radical (unpaired) electrons. The van der Waals surface area contributed by atoms with Gasteiger partial charge in [0.05, 0.1) is 11.1 Å². The van der Waals surface area contributed by atoms with Crippen LogP contribution in [0.15, 0.2) is 36.4 Å². The van der Waals surface area contributed by atoms with E-state index in [0.29, 0.717) is 21.1 Å². The largest absolute Gasteiger partial charge is 0.454 e. The number of ether oxygens (including phenoxy) is 2. The predicted octanol–water partition coefficient (Wildman–Crippen LogP) is 4.91. The van der Waals surface area contributed by atoms with Gasteiger partial charge in [0.2, 0.25) is 6.79 Å². The third kappa shape index (κ3) is 2.81. The van der Waals surface area contributed by atoms with E-state index in [1.807, 2.05) is 25.1 Å². The number of fused-ring (bicyclic) bond motifs is 2. The molecule has 0 saturated carbocycles. The van der Waals surface area contributed by atoms with E-state index in [1.54, 1.807) is 12.1 Å². The van der Waals surface area contributed by atoms with Gasteiger partial charge in [0.15, 0.2) is 11.5 Å². The Morgan fingerprint density at radius 2 is 2.08 bits per heavy atom. The lowest BCUT2D eigenvalue weighted by molar-refractivity contribution is 0.0944. The van der Waals surface area contributed by atoms with Crippen LogP contribution in [0.2, 0.25) is 5.02 Å².